The van der Waals surface area contributed by atoms with E-state index in [4.69, 9.17) is 33.2 Å². The third kappa shape index (κ3) is 4.59. The molecule has 1 heterocycles. The van der Waals surface area contributed by atoms with Gasteiger partial charge in [-0.25, -0.2) is 0 Å². The third-order valence-corrected chi connectivity index (χ3v) is 4.13. The van der Waals surface area contributed by atoms with Gasteiger partial charge in [-0.1, -0.05) is 29.3 Å². The van der Waals surface area contributed by atoms with Gasteiger partial charge in [-0.2, -0.15) is 10.4 Å². The highest BCUT2D eigenvalue weighted by Gasteiger charge is 2.15. The van der Waals surface area contributed by atoms with Gasteiger partial charge in [-0.05, 0) is 43.3 Å². The Morgan fingerprint density at radius 3 is 2.70 bits per heavy atom. The highest BCUT2D eigenvalue weighted by Crippen LogP contribution is 2.31. The Morgan fingerprint density at radius 1 is 1.26 bits per heavy atom. The van der Waals surface area contributed by atoms with Crippen LogP contribution >= 0.6 is 23.2 Å². The summed E-state index contributed by atoms with van der Waals surface area (Å²) in [6.45, 7) is 1.94. The molecule has 3 aromatic rings. The number of rotatable bonds is 5. The van der Waals surface area contributed by atoms with Crippen LogP contribution in [0.25, 0.3) is 0 Å². The number of ether oxygens (including phenoxy) is 1. The second kappa shape index (κ2) is 8.12. The largest absolute Gasteiger partial charge is 0.453 e. The Kier molecular flexibility index (Phi) is 5.65. The van der Waals surface area contributed by atoms with Crippen LogP contribution in [0.5, 0.6) is 11.5 Å². The summed E-state index contributed by atoms with van der Waals surface area (Å²) >= 11 is 12.0. The summed E-state index contributed by atoms with van der Waals surface area (Å²) in [7, 11) is 0. The maximum atomic E-state index is 12.3. The number of nitrogens with zero attached hydrogens (tertiary/aromatic N) is 2. The molecule has 3 rings (SSSR count). The first-order chi connectivity index (χ1) is 13.0. The van der Waals surface area contributed by atoms with Crippen molar-refractivity contribution < 1.29 is 9.53 Å². The molecule has 2 aromatic carbocycles. The van der Waals surface area contributed by atoms with E-state index in [-0.39, 0.29) is 12.5 Å². The second-order valence-corrected chi connectivity index (χ2v) is 6.57. The lowest BCUT2D eigenvalue weighted by atomic mass is 10.1. The molecular formula is C19H14Cl2N4O2. The molecule has 1 amide bonds. The molecule has 0 saturated heterocycles. The Bertz CT molecular complexity index is 1020. The number of benzene rings is 2. The van der Waals surface area contributed by atoms with E-state index in [0.29, 0.717) is 44.1 Å². The molecule has 6 nitrogen and oxygen atoms in total. The van der Waals surface area contributed by atoms with E-state index in [9.17, 15) is 4.79 Å². The molecule has 0 saturated carbocycles. The van der Waals surface area contributed by atoms with Crippen molar-refractivity contribution in [3.63, 3.8) is 0 Å². The fraction of sp³-hybridized carbons (Fsp3) is 0.105. The number of nitrogens with one attached hydrogen (secondary N) is 2. The minimum atomic E-state index is -0.309. The summed E-state index contributed by atoms with van der Waals surface area (Å²) in [6, 6.07) is 13.3. The Labute approximate surface area is 165 Å². The van der Waals surface area contributed by atoms with Crippen molar-refractivity contribution in [2.24, 2.45) is 0 Å². The number of H-pyrrole nitrogens is 1. The van der Waals surface area contributed by atoms with E-state index in [2.05, 4.69) is 15.5 Å². The van der Waals surface area contributed by atoms with Crippen molar-refractivity contribution in [3.8, 4) is 17.6 Å². The molecule has 0 unspecified atom stereocenters. The molecule has 0 spiro atoms. The van der Waals surface area contributed by atoms with Gasteiger partial charge in [0.25, 0.3) is 5.91 Å². The van der Waals surface area contributed by atoms with Gasteiger partial charge in [-0.3, -0.25) is 9.89 Å². The quantitative estimate of drug-likeness (QED) is 0.653. The first-order valence-corrected chi connectivity index (χ1v) is 8.68. The van der Waals surface area contributed by atoms with Gasteiger partial charge in [0.15, 0.2) is 5.75 Å². The minimum absolute atomic E-state index is 0.167. The standard InChI is InChI=1S/C19H14Cl2N4O2/c1-11-18(27-16-7-14(20)6-15(21)8-16)17(25-24-11)10-23-19(26)13-4-2-3-12(5-13)9-22/h2-8H,10H2,1H3,(H,23,26)(H,24,25). The van der Waals surface area contributed by atoms with Crippen molar-refractivity contribution >= 4 is 29.1 Å². The zero-order valence-electron chi connectivity index (χ0n) is 14.2. The van der Waals surface area contributed by atoms with Crippen LogP contribution in [0.15, 0.2) is 42.5 Å². The van der Waals surface area contributed by atoms with E-state index < -0.39 is 0 Å². The number of halogens is 2. The maximum absolute atomic E-state index is 12.3. The van der Waals surface area contributed by atoms with Gasteiger partial charge in [0.05, 0.1) is 23.9 Å². The Morgan fingerprint density at radius 2 is 2.00 bits per heavy atom. The molecule has 8 heteroatoms. The van der Waals surface area contributed by atoms with Crippen molar-refractivity contribution in [3.05, 3.63) is 75.0 Å². The van der Waals surface area contributed by atoms with Gasteiger partial charge in [0, 0.05) is 15.6 Å². The van der Waals surface area contributed by atoms with Crippen LogP contribution in [0, 0.1) is 18.3 Å². The summed E-state index contributed by atoms with van der Waals surface area (Å²) in [5.74, 6) is 0.641. The summed E-state index contributed by atoms with van der Waals surface area (Å²) < 4.78 is 5.86. The number of aryl methyl sites for hydroxylation is 1. The third-order valence-electron chi connectivity index (χ3n) is 3.70. The molecule has 2 N–H and O–H groups in total. The monoisotopic (exact) mass is 400 g/mol. The lowest BCUT2D eigenvalue weighted by molar-refractivity contribution is 0.0950. The molecule has 27 heavy (non-hydrogen) atoms. The molecule has 0 aliphatic carbocycles. The molecule has 0 aliphatic heterocycles. The zero-order valence-corrected chi connectivity index (χ0v) is 15.7. The highest BCUT2D eigenvalue weighted by atomic mass is 35.5. The van der Waals surface area contributed by atoms with Gasteiger partial charge < -0.3 is 10.1 Å². The van der Waals surface area contributed by atoms with Crippen LogP contribution in [0.4, 0.5) is 0 Å². The minimum Gasteiger partial charge on any atom is -0.453 e. The number of carbonyl (C=O) groups is 1. The second-order valence-electron chi connectivity index (χ2n) is 5.70. The smallest absolute Gasteiger partial charge is 0.251 e. The van der Waals surface area contributed by atoms with E-state index >= 15 is 0 Å². The van der Waals surface area contributed by atoms with E-state index in [0.717, 1.165) is 0 Å². The summed E-state index contributed by atoms with van der Waals surface area (Å²) in [6.07, 6.45) is 0. The Balaban J connectivity index is 1.74. The van der Waals surface area contributed by atoms with Crippen LogP contribution in [0.2, 0.25) is 10.0 Å². The average molecular weight is 401 g/mol. The van der Waals surface area contributed by atoms with E-state index in [1.54, 1.807) is 43.3 Å². The fourth-order valence-corrected chi connectivity index (χ4v) is 2.94. The van der Waals surface area contributed by atoms with E-state index in [1.165, 1.54) is 6.07 Å². The van der Waals surface area contributed by atoms with Gasteiger partial charge in [-0.15, -0.1) is 0 Å². The SMILES string of the molecule is Cc1n[nH]c(CNC(=O)c2cccc(C#N)c2)c1Oc1cc(Cl)cc(Cl)c1. The lowest BCUT2D eigenvalue weighted by Gasteiger charge is -2.09. The number of carbonyl (C=O) groups excluding carboxylic acids is 1. The number of nitriles is 1. The molecular weight excluding hydrogens is 387 g/mol. The average Bonchev–Trinajstić information content (AvgIpc) is 2.98. The summed E-state index contributed by atoms with van der Waals surface area (Å²) in [5, 5.41) is 19.6. The van der Waals surface area contributed by atoms with Crippen LogP contribution < -0.4 is 10.1 Å². The fourth-order valence-electron chi connectivity index (χ4n) is 2.43. The van der Waals surface area contributed by atoms with Crippen molar-refractivity contribution in [1.82, 2.24) is 15.5 Å². The lowest BCUT2D eigenvalue weighted by Crippen LogP contribution is -2.23. The molecule has 1 aromatic heterocycles. The van der Waals surface area contributed by atoms with Gasteiger partial charge >= 0.3 is 0 Å². The summed E-state index contributed by atoms with van der Waals surface area (Å²) in [5.41, 5.74) is 2.03. The van der Waals surface area contributed by atoms with Gasteiger partial charge in [0.2, 0.25) is 0 Å². The van der Waals surface area contributed by atoms with Crippen LogP contribution in [-0.4, -0.2) is 16.1 Å². The van der Waals surface area contributed by atoms with Crippen molar-refractivity contribution in [2.45, 2.75) is 13.5 Å². The molecule has 136 valence electrons. The first kappa shape index (κ1) is 18.8. The topological polar surface area (TPSA) is 90.8 Å². The normalized spacial score (nSPS) is 10.3. The number of aromatic nitrogens is 2. The summed E-state index contributed by atoms with van der Waals surface area (Å²) in [4.78, 5) is 12.3. The maximum Gasteiger partial charge on any atom is 0.251 e. The number of amides is 1. The first-order valence-electron chi connectivity index (χ1n) is 7.92. The predicted molar refractivity (Wildman–Crippen MR) is 102 cm³/mol. The molecule has 0 radical (unpaired) electrons. The highest BCUT2D eigenvalue weighted by molar-refractivity contribution is 6.34. The number of aromatic amines is 1. The number of hydrogen-bond donors (Lipinski definition) is 2. The number of hydrogen-bond acceptors (Lipinski definition) is 4. The predicted octanol–water partition coefficient (Wildman–Crippen LogP) is 4.62. The van der Waals surface area contributed by atoms with Crippen LogP contribution in [0.1, 0.15) is 27.3 Å². The molecule has 0 bridgehead atoms. The van der Waals surface area contributed by atoms with Gasteiger partial charge in [0.1, 0.15) is 11.4 Å². The van der Waals surface area contributed by atoms with E-state index in [1.807, 2.05) is 6.07 Å². The van der Waals surface area contributed by atoms with Crippen molar-refractivity contribution in [2.75, 3.05) is 0 Å². The zero-order chi connectivity index (χ0) is 19.4. The Hall–Kier alpha value is -3.01. The molecule has 0 atom stereocenters. The van der Waals surface area contributed by atoms with Crippen LogP contribution in [0.3, 0.4) is 0 Å². The van der Waals surface area contributed by atoms with Crippen molar-refractivity contribution in [1.29, 1.82) is 5.26 Å². The molecule has 0 aliphatic rings. The molecule has 0 fully saturated rings. The van der Waals surface area contributed by atoms with Crippen LogP contribution in [-0.2, 0) is 6.54 Å².